The van der Waals surface area contributed by atoms with Gasteiger partial charge in [0.05, 0.1) is 22.6 Å². The van der Waals surface area contributed by atoms with Gasteiger partial charge in [-0.1, -0.05) is 11.6 Å². The van der Waals surface area contributed by atoms with Crippen LogP contribution >= 0.6 is 11.6 Å². The predicted octanol–water partition coefficient (Wildman–Crippen LogP) is 2.68. The fourth-order valence-corrected chi connectivity index (χ4v) is 4.60. The zero-order valence-electron chi connectivity index (χ0n) is 16.0. The van der Waals surface area contributed by atoms with Crippen molar-refractivity contribution in [2.24, 2.45) is 0 Å². The van der Waals surface area contributed by atoms with Gasteiger partial charge < -0.3 is 15.0 Å². The first-order valence-electron chi connectivity index (χ1n) is 8.85. The number of piperazine rings is 1. The third kappa shape index (κ3) is 4.69. The minimum atomic E-state index is -3.75. The van der Waals surface area contributed by atoms with Crippen LogP contribution in [0.2, 0.25) is 5.02 Å². The number of carbonyl (C=O) groups excluding carboxylic acids is 1. The second-order valence-electron chi connectivity index (χ2n) is 6.65. The third-order valence-electron chi connectivity index (χ3n) is 4.69. The average molecular weight is 442 g/mol. The SMILES string of the molecule is COc1ccc(S(=O)(=O)N2CCN(C)CC2)cc1C(=O)Nc1ccc(F)c(Cl)c1. The molecule has 1 fully saturated rings. The Balaban J connectivity index is 1.90. The normalized spacial score (nSPS) is 15.9. The first kappa shape index (κ1) is 21.5. The summed E-state index contributed by atoms with van der Waals surface area (Å²) in [5, 5.41) is 2.44. The lowest BCUT2D eigenvalue weighted by atomic mass is 10.2. The molecule has 1 aliphatic rings. The van der Waals surface area contributed by atoms with E-state index in [1.165, 1.54) is 41.7 Å². The second kappa shape index (κ2) is 8.66. The molecule has 1 N–H and O–H groups in total. The Bertz CT molecular complexity index is 1020. The van der Waals surface area contributed by atoms with E-state index in [0.717, 1.165) is 6.07 Å². The number of anilines is 1. The summed E-state index contributed by atoms with van der Waals surface area (Å²) >= 11 is 5.74. The summed E-state index contributed by atoms with van der Waals surface area (Å²) in [5.41, 5.74) is 0.318. The third-order valence-corrected chi connectivity index (χ3v) is 6.88. The van der Waals surface area contributed by atoms with E-state index in [0.29, 0.717) is 26.2 Å². The summed E-state index contributed by atoms with van der Waals surface area (Å²) in [4.78, 5) is 14.8. The number of nitrogens with zero attached hydrogens (tertiary/aromatic N) is 2. The Hall–Kier alpha value is -2.20. The largest absolute Gasteiger partial charge is 0.496 e. The number of nitrogens with one attached hydrogen (secondary N) is 1. The molecule has 10 heteroatoms. The highest BCUT2D eigenvalue weighted by Crippen LogP contribution is 2.27. The van der Waals surface area contributed by atoms with E-state index < -0.39 is 21.7 Å². The highest BCUT2D eigenvalue weighted by molar-refractivity contribution is 7.89. The first-order chi connectivity index (χ1) is 13.7. The van der Waals surface area contributed by atoms with Gasteiger partial charge in [-0.2, -0.15) is 4.31 Å². The number of hydrogen-bond acceptors (Lipinski definition) is 5. The summed E-state index contributed by atoms with van der Waals surface area (Å²) in [7, 11) is -0.435. The van der Waals surface area contributed by atoms with Crippen molar-refractivity contribution < 1.29 is 22.3 Å². The molecule has 1 amide bonds. The van der Waals surface area contributed by atoms with Crippen LogP contribution in [0.4, 0.5) is 10.1 Å². The van der Waals surface area contributed by atoms with Crippen LogP contribution in [0.5, 0.6) is 5.75 Å². The molecule has 0 radical (unpaired) electrons. The lowest BCUT2D eigenvalue weighted by molar-refractivity contribution is 0.102. The van der Waals surface area contributed by atoms with E-state index in [1.54, 1.807) is 0 Å². The van der Waals surface area contributed by atoms with Crippen molar-refractivity contribution in [1.82, 2.24) is 9.21 Å². The van der Waals surface area contributed by atoms with Gasteiger partial charge in [-0.25, -0.2) is 12.8 Å². The molecule has 0 aliphatic carbocycles. The summed E-state index contributed by atoms with van der Waals surface area (Å²) in [5.74, 6) is -0.990. The molecule has 0 saturated carbocycles. The number of amides is 1. The average Bonchev–Trinajstić information content (AvgIpc) is 2.70. The molecule has 0 atom stereocenters. The maximum absolute atomic E-state index is 13.3. The number of likely N-dealkylation sites (N-methyl/N-ethyl adjacent to an activating group) is 1. The molecule has 0 aromatic heterocycles. The lowest BCUT2D eigenvalue weighted by Gasteiger charge is -2.31. The molecule has 1 heterocycles. The highest BCUT2D eigenvalue weighted by Gasteiger charge is 2.29. The van der Waals surface area contributed by atoms with E-state index >= 15 is 0 Å². The maximum atomic E-state index is 13.3. The number of sulfonamides is 1. The van der Waals surface area contributed by atoms with Gasteiger partial charge in [0.15, 0.2) is 0 Å². The maximum Gasteiger partial charge on any atom is 0.259 e. The van der Waals surface area contributed by atoms with Crippen molar-refractivity contribution in [3.05, 3.63) is 52.8 Å². The van der Waals surface area contributed by atoms with Crippen LogP contribution in [0.15, 0.2) is 41.3 Å². The van der Waals surface area contributed by atoms with E-state index in [4.69, 9.17) is 16.3 Å². The lowest BCUT2D eigenvalue weighted by Crippen LogP contribution is -2.47. The van der Waals surface area contributed by atoms with Crippen LogP contribution in [0.25, 0.3) is 0 Å². The highest BCUT2D eigenvalue weighted by atomic mass is 35.5. The smallest absolute Gasteiger partial charge is 0.259 e. The molecule has 29 heavy (non-hydrogen) atoms. The van der Waals surface area contributed by atoms with Crippen molar-refractivity contribution in [2.75, 3.05) is 45.7 Å². The zero-order valence-corrected chi connectivity index (χ0v) is 17.6. The molecule has 156 valence electrons. The summed E-state index contributed by atoms with van der Waals surface area (Å²) < 4.78 is 45.9. The standard InChI is InChI=1S/C19H21ClFN3O4S/c1-23-7-9-24(10-8-23)29(26,27)14-4-6-18(28-2)15(12-14)19(25)22-13-3-5-17(21)16(20)11-13/h3-6,11-12H,7-10H2,1-2H3,(H,22,25). The zero-order chi connectivity index (χ0) is 21.2. The predicted molar refractivity (Wildman–Crippen MR) is 109 cm³/mol. The van der Waals surface area contributed by atoms with Crippen LogP contribution in [-0.2, 0) is 10.0 Å². The number of ether oxygens (including phenoxy) is 1. The van der Waals surface area contributed by atoms with Crippen LogP contribution in [0.3, 0.4) is 0 Å². The van der Waals surface area contributed by atoms with Gasteiger partial charge in [-0.05, 0) is 43.4 Å². The number of halogens is 2. The van der Waals surface area contributed by atoms with Gasteiger partial charge in [0.1, 0.15) is 11.6 Å². The Kier molecular flexibility index (Phi) is 6.42. The van der Waals surface area contributed by atoms with Crippen LogP contribution in [-0.4, -0.2) is 63.9 Å². The molecular formula is C19H21ClFN3O4S. The van der Waals surface area contributed by atoms with Gasteiger partial charge in [0, 0.05) is 31.9 Å². The second-order valence-corrected chi connectivity index (χ2v) is 9.00. The minimum Gasteiger partial charge on any atom is -0.496 e. The number of hydrogen-bond donors (Lipinski definition) is 1. The molecule has 7 nitrogen and oxygen atoms in total. The molecule has 2 aromatic rings. The van der Waals surface area contributed by atoms with Crippen molar-refractivity contribution in [2.45, 2.75) is 4.90 Å². The van der Waals surface area contributed by atoms with Crippen LogP contribution in [0, 0.1) is 5.82 Å². The van der Waals surface area contributed by atoms with Gasteiger partial charge in [0.25, 0.3) is 5.91 Å². The number of rotatable bonds is 5. The van der Waals surface area contributed by atoms with Gasteiger partial charge in [0.2, 0.25) is 10.0 Å². The fourth-order valence-electron chi connectivity index (χ4n) is 2.97. The van der Waals surface area contributed by atoms with E-state index in [1.807, 2.05) is 11.9 Å². The summed E-state index contributed by atoms with van der Waals surface area (Å²) in [6.07, 6.45) is 0. The van der Waals surface area contributed by atoms with Gasteiger partial charge in [-0.15, -0.1) is 0 Å². The molecule has 0 spiro atoms. The Morgan fingerprint density at radius 1 is 1.14 bits per heavy atom. The molecule has 3 rings (SSSR count). The summed E-state index contributed by atoms with van der Waals surface area (Å²) in [6, 6.07) is 7.90. The molecule has 2 aromatic carbocycles. The molecule has 0 bridgehead atoms. The topological polar surface area (TPSA) is 79.0 Å². The molecular weight excluding hydrogens is 421 g/mol. The molecule has 1 aliphatic heterocycles. The molecule has 0 unspecified atom stereocenters. The number of carbonyl (C=O) groups is 1. The Morgan fingerprint density at radius 2 is 1.83 bits per heavy atom. The van der Waals surface area contributed by atoms with Crippen LogP contribution < -0.4 is 10.1 Å². The van der Waals surface area contributed by atoms with E-state index in [-0.39, 0.29) is 26.9 Å². The first-order valence-corrected chi connectivity index (χ1v) is 10.7. The van der Waals surface area contributed by atoms with E-state index in [9.17, 15) is 17.6 Å². The fraction of sp³-hybridized carbons (Fsp3) is 0.316. The van der Waals surface area contributed by atoms with Crippen LogP contribution in [0.1, 0.15) is 10.4 Å². The minimum absolute atomic E-state index is 0.00476. The Labute approximate surface area is 174 Å². The van der Waals surface area contributed by atoms with Crippen molar-refractivity contribution in [3.8, 4) is 5.75 Å². The van der Waals surface area contributed by atoms with E-state index in [2.05, 4.69) is 5.32 Å². The number of methoxy groups -OCH3 is 1. The quantitative estimate of drug-likeness (QED) is 0.771. The van der Waals surface area contributed by atoms with Crippen molar-refractivity contribution >= 4 is 33.2 Å². The van der Waals surface area contributed by atoms with Crippen molar-refractivity contribution in [3.63, 3.8) is 0 Å². The summed E-state index contributed by atoms with van der Waals surface area (Å²) in [6.45, 7) is 2.02. The number of benzene rings is 2. The van der Waals surface area contributed by atoms with Crippen molar-refractivity contribution in [1.29, 1.82) is 0 Å². The molecule has 1 saturated heterocycles. The monoisotopic (exact) mass is 441 g/mol. The van der Waals surface area contributed by atoms with Gasteiger partial charge >= 0.3 is 0 Å². The Morgan fingerprint density at radius 3 is 2.45 bits per heavy atom. The van der Waals surface area contributed by atoms with Gasteiger partial charge in [-0.3, -0.25) is 4.79 Å².